The van der Waals surface area contributed by atoms with E-state index in [0.29, 0.717) is 19.7 Å². The second-order valence-electron chi connectivity index (χ2n) is 6.11. The van der Waals surface area contributed by atoms with Crippen LogP contribution in [-0.2, 0) is 17.8 Å². The fourth-order valence-electron chi connectivity index (χ4n) is 3.22. The Morgan fingerprint density at radius 1 is 1.29 bits per heavy atom. The van der Waals surface area contributed by atoms with Crippen molar-refractivity contribution in [2.45, 2.75) is 32.2 Å². The van der Waals surface area contributed by atoms with Gasteiger partial charge in [0.2, 0.25) is 0 Å². The molecular formula is C18H25N3O3. The van der Waals surface area contributed by atoms with Gasteiger partial charge in [-0.3, -0.25) is 9.58 Å². The van der Waals surface area contributed by atoms with Crippen LogP contribution in [0.3, 0.4) is 0 Å². The van der Waals surface area contributed by atoms with E-state index >= 15 is 0 Å². The van der Waals surface area contributed by atoms with Crippen molar-refractivity contribution in [3.8, 4) is 5.75 Å². The molecule has 3 rings (SSSR count). The summed E-state index contributed by atoms with van der Waals surface area (Å²) in [4.78, 5) is 2.23. The molecule has 1 fully saturated rings. The number of aromatic nitrogens is 2. The Morgan fingerprint density at radius 2 is 2.17 bits per heavy atom. The van der Waals surface area contributed by atoms with Crippen LogP contribution < -0.4 is 4.74 Å². The average molecular weight is 331 g/mol. The maximum Gasteiger partial charge on any atom is 0.123 e. The summed E-state index contributed by atoms with van der Waals surface area (Å²) in [5.74, 6) is 0.864. The first-order valence-corrected chi connectivity index (χ1v) is 8.35. The first-order valence-electron chi connectivity index (χ1n) is 8.35. The summed E-state index contributed by atoms with van der Waals surface area (Å²) >= 11 is 0. The van der Waals surface area contributed by atoms with E-state index in [4.69, 9.17) is 9.47 Å². The molecule has 2 atom stereocenters. The van der Waals surface area contributed by atoms with Crippen LogP contribution in [0.2, 0.25) is 0 Å². The molecule has 0 spiro atoms. The molecule has 0 amide bonds. The smallest absolute Gasteiger partial charge is 0.123 e. The van der Waals surface area contributed by atoms with Gasteiger partial charge in [-0.2, -0.15) is 5.10 Å². The summed E-state index contributed by atoms with van der Waals surface area (Å²) in [5, 5.41) is 14.3. The molecule has 1 aliphatic rings. The molecule has 0 aliphatic carbocycles. The van der Waals surface area contributed by atoms with Crippen LogP contribution in [-0.4, -0.2) is 58.8 Å². The first kappa shape index (κ1) is 17.0. The number of aliphatic hydroxyl groups excluding tert-OH is 1. The van der Waals surface area contributed by atoms with Gasteiger partial charge in [0.25, 0.3) is 0 Å². The predicted octanol–water partition coefficient (Wildman–Crippen LogP) is 1.52. The van der Waals surface area contributed by atoms with Crippen molar-refractivity contribution in [2.75, 3.05) is 26.8 Å². The third-order valence-corrected chi connectivity index (χ3v) is 4.34. The van der Waals surface area contributed by atoms with Crippen molar-refractivity contribution >= 4 is 0 Å². The monoisotopic (exact) mass is 331 g/mol. The van der Waals surface area contributed by atoms with Crippen molar-refractivity contribution in [2.24, 2.45) is 0 Å². The minimum Gasteiger partial charge on any atom is -0.496 e. The number of rotatable bonds is 7. The van der Waals surface area contributed by atoms with Gasteiger partial charge in [-0.25, -0.2) is 0 Å². The van der Waals surface area contributed by atoms with Gasteiger partial charge in [0, 0.05) is 44.2 Å². The van der Waals surface area contributed by atoms with E-state index in [1.165, 1.54) is 5.56 Å². The van der Waals surface area contributed by atoms with Crippen LogP contribution in [0.4, 0.5) is 0 Å². The molecule has 1 saturated heterocycles. The highest BCUT2D eigenvalue weighted by molar-refractivity contribution is 5.37. The fraction of sp³-hybridized carbons (Fsp3) is 0.500. The lowest BCUT2D eigenvalue weighted by atomic mass is 10.1. The van der Waals surface area contributed by atoms with E-state index in [1.807, 2.05) is 29.9 Å². The number of hydrogen-bond acceptors (Lipinski definition) is 5. The number of likely N-dealkylation sites (tertiary alicyclic amines) is 1. The summed E-state index contributed by atoms with van der Waals surface area (Å²) < 4.78 is 12.9. The second kappa shape index (κ2) is 7.79. The van der Waals surface area contributed by atoms with Crippen LogP contribution in [0.5, 0.6) is 5.75 Å². The number of ether oxygens (including phenoxy) is 2. The average Bonchev–Trinajstić information content (AvgIpc) is 3.19. The van der Waals surface area contributed by atoms with Crippen LogP contribution >= 0.6 is 0 Å². The Bertz CT molecular complexity index is 645. The molecule has 0 radical (unpaired) electrons. The van der Waals surface area contributed by atoms with Gasteiger partial charge in [-0.1, -0.05) is 6.07 Å². The molecular weight excluding hydrogens is 306 g/mol. The summed E-state index contributed by atoms with van der Waals surface area (Å²) in [6.07, 6.45) is 3.22. The molecule has 2 heterocycles. The maximum atomic E-state index is 10.1. The van der Waals surface area contributed by atoms with Gasteiger partial charge in [0.15, 0.2) is 0 Å². The first-order chi connectivity index (χ1) is 11.7. The molecule has 0 saturated carbocycles. The number of β-amino-alcohol motifs (C(OH)–C–C–N with tert-alkyl or cyclic N) is 1. The summed E-state index contributed by atoms with van der Waals surface area (Å²) in [6, 6.07) is 8.14. The van der Waals surface area contributed by atoms with Gasteiger partial charge in [-0.15, -0.1) is 0 Å². The third-order valence-electron chi connectivity index (χ3n) is 4.34. The maximum absolute atomic E-state index is 10.1. The van der Waals surface area contributed by atoms with Crippen molar-refractivity contribution in [1.82, 2.24) is 14.7 Å². The Hall–Kier alpha value is -1.89. The normalized spacial score (nSPS) is 21.3. The molecule has 6 heteroatoms. The highest BCUT2D eigenvalue weighted by Gasteiger charge is 2.31. The molecule has 24 heavy (non-hydrogen) atoms. The topological polar surface area (TPSA) is 59.8 Å². The highest BCUT2D eigenvalue weighted by atomic mass is 16.5. The Morgan fingerprint density at radius 3 is 2.88 bits per heavy atom. The van der Waals surface area contributed by atoms with Gasteiger partial charge in [0.05, 0.1) is 25.9 Å². The van der Waals surface area contributed by atoms with E-state index in [-0.39, 0.29) is 6.10 Å². The van der Waals surface area contributed by atoms with Gasteiger partial charge < -0.3 is 14.6 Å². The van der Waals surface area contributed by atoms with Crippen molar-refractivity contribution < 1.29 is 14.6 Å². The summed E-state index contributed by atoms with van der Waals surface area (Å²) in [5.41, 5.74) is 2.29. The molecule has 0 unspecified atom stereocenters. The van der Waals surface area contributed by atoms with Crippen LogP contribution in [0, 0.1) is 0 Å². The number of benzene rings is 1. The van der Waals surface area contributed by atoms with Crippen molar-refractivity contribution in [3.63, 3.8) is 0 Å². The lowest BCUT2D eigenvalue weighted by Gasteiger charge is -2.17. The Balaban J connectivity index is 1.70. The van der Waals surface area contributed by atoms with Gasteiger partial charge in [0.1, 0.15) is 5.75 Å². The molecule has 2 aromatic rings. The SMILES string of the molecule is CCO[C@@H]1CN(Cc2ccc(OC)c(Cn3cccn3)c2)C[C@H]1O. The minimum absolute atomic E-state index is 0.0863. The van der Waals surface area contributed by atoms with Crippen LogP contribution in [0.25, 0.3) is 0 Å². The van der Waals surface area contributed by atoms with Crippen molar-refractivity contribution in [3.05, 3.63) is 47.8 Å². The van der Waals surface area contributed by atoms with E-state index in [1.54, 1.807) is 13.3 Å². The van der Waals surface area contributed by atoms with E-state index < -0.39 is 6.10 Å². The van der Waals surface area contributed by atoms with Gasteiger partial charge in [-0.05, 0) is 30.7 Å². The largest absolute Gasteiger partial charge is 0.496 e. The Labute approximate surface area is 142 Å². The third kappa shape index (κ3) is 3.95. The van der Waals surface area contributed by atoms with E-state index in [2.05, 4.69) is 22.1 Å². The summed E-state index contributed by atoms with van der Waals surface area (Å²) in [6.45, 7) is 5.46. The van der Waals surface area contributed by atoms with Gasteiger partial charge >= 0.3 is 0 Å². The second-order valence-corrected chi connectivity index (χ2v) is 6.11. The molecule has 1 aliphatic heterocycles. The zero-order chi connectivity index (χ0) is 16.9. The number of nitrogens with zero attached hydrogens (tertiary/aromatic N) is 3. The predicted molar refractivity (Wildman–Crippen MR) is 91.0 cm³/mol. The molecule has 0 bridgehead atoms. The molecule has 1 N–H and O–H groups in total. The number of hydrogen-bond donors (Lipinski definition) is 1. The highest BCUT2D eigenvalue weighted by Crippen LogP contribution is 2.23. The summed E-state index contributed by atoms with van der Waals surface area (Å²) in [7, 11) is 1.69. The minimum atomic E-state index is -0.410. The van der Waals surface area contributed by atoms with Crippen molar-refractivity contribution in [1.29, 1.82) is 0 Å². The molecule has 130 valence electrons. The molecule has 1 aromatic carbocycles. The lowest BCUT2D eigenvalue weighted by Crippen LogP contribution is -2.26. The zero-order valence-corrected chi connectivity index (χ0v) is 14.3. The molecule has 1 aromatic heterocycles. The quantitative estimate of drug-likeness (QED) is 0.834. The number of aliphatic hydroxyl groups is 1. The zero-order valence-electron chi connectivity index (χ0n) is 14.3. The van der Waals surface area contributed by atoms with Crippen LogP contribution in [0.15, 0.2) is 36.7 Å². The number of methoxy groups -OCH3 is 1. The lowest BCUT2D eigenvalue weighted by molar-refractivity contribution is -0.00245. The van der Waals surface area contributed by atoms with Crippen LogP contribution in [0.1, 0.15) is 18.1 Å². The molecule has 6 nitrogen and oxygen atoms in total. The van der Waals surface area contributed by atoms with E-state index in [0.717, 1.165) is 24.4 Å². The standard InChI is InChI=1S/C18H25N3O3/c1-3-24-18-13-20(12-16(18)22)10-14-5-6-17(23-2)15(9-14)11-21-8-4-7-19-21/h4-9,16,18,22H,3,10-13H2,1-2H3/t16-,18-/m1/s1. The van der Waals surface area contributed by atoms with E-state index in [9.17, 15) is 5.11 Å². The fourth-order valence-corrected chi connectivity index (χ4v) is 3.22. The Kier molecular flexibility index (Phi) is 5.50.